The van der Waals surface area contributed by atoms with Gasteiger partial charge in [0.1, 0.15) is 24.1 Å². The molecular formula is C54H75N3O8. The van der Waals surface area contributed by atoms with Crippen molar-refractivity contribution in [1.29, 1.82) is 0 Å². The van der Waals surface area contributed by atoms with Crippen LogP contribution in [-0.2, 0) is 9.57 Å². The molecule has 2 aliphatic carbocycles. The lowest BCUT2D eigenvalue weighted by molar-refractivity contribution is -0.252. The van der Waals surface area contributed by atoms with Crippen LogP contribution in [0, 0.1) is 17.8 Å². The number of unbranched alkanes of at least 4 members (excludes halogenated alkanes) is 11. The topological polar surface area (TPSA) is 139 Å². The molecule has 1 heterocycles. The lowest BCUT2D eigenvalue weighted by Crippen LogP contribution is -2.69. The van der Waals surface area contributed by atoms with Crippen molar-refractivity contribution in [3.05, 3.63) is 96.1 Å². The maximum Gasteiger partial charge on any atom is 0.412 e. The number of aliphatic hydroxyl groups excluding tert-OH is 2. The Balaban J connectivity index is 1.36. The number of rotatable bonds is 27. The van der Waals surface area contributed by atoms with Crippen LogP contribution in [0.25, 0.3) is 10.8 Å². The second-order valence-corrected chi connectivity index (χ2v) is 18.2. The number of allylic oxidation sites excluding steroid dienone is 1. The molecule has 3 aromatic carbocycles. The molecule has 1 fully saturated rings. The van der Waals surface area contributed by atoms with E-state index in [-0.39, 0.29) is 43.5 Å². The minimum Gasteiger partial charge on any atom is -0.459 e. The molecule has 6 rings (SSSR count). The molecule has 11 heteroatoms. The Hall–Kier alpha value is -4.71. The van der Waals surface area contributed by atoms with Gasteiger partial charge in [0.15, 0.2) is 0 Å². The summed E-state index contributed by atoms with van der Waals surface area (Å²) in [7, 11) is 1.81. The Labute approximate surface area is 387 Å². The molecule has 6 atom stereocenters. The number of benzene rings is 3. The summed E-state index contributed by atoms with van der Waals surface area (Å²) in [5, 5.41) is 29.6. The van der Waals surface area contributed by atoms with Gasteiger partial charge < -0.3 is 39.5 Å². The number of carbonyl (C=O) groups excluding carboxylic acids is 2. The SMILES string of the molecule is C=CCO[C@@]12Oc3ccc(OC(=O)NCCCCCCCCCCCC)cc3[C@H]3[C@H](CCCCO)[C@@H](CCCCO)C=C(C(=NOCC)C[C@@H]1N(C)C(=O)c1ccc4ccccc4c1)[C@H]32. The summed E-state index contributed by atoms with van der Waals surface area (Å²) < 4.78 is 20.3. The summed E-state index contributed by atoms with van der Waals surface area (Å²) in [5.41, 5.74) is 3.12. The Morgan fingerprint density at radius 2 is 1.58 bits per heavy atom. The third kappa shape index (κ3) is 12.4. The van der Waals surface area contributed by atoms with E-state index in [0.717, 1.165) is 72.6 Å². The van der Waals surface area contributed by atoms with Crippen LogP contribution in [0.3, 0.4) is 0 Å². The van der Waals surface area contributed by atoms with Gasteiger partial charge in [0.25, 0.3) is 5.91 Å². The fourth-order valence-electron chi connectivity index (χ4n) is 10.5. The number of carbonyl (C=O) groups is 2. The van der Waals surface area contributed by atoms with Gasteiger partial charge in [-0.2, -0.15) is 0 Å². The van der Waals surface area contributed by atoms with Crippen LogP contribution in [0.4, 0.5) is 4.79 Å². The zero-order valence-electron chi connectivity index (χ0n) is 39.3. The highest BCUT2D eigenvalue weighted by molar-refractivity contribution is 6.04. The van der Waals surface area contributed by atoms with Crippen LogP contribution >= 0.6 is 0 Å². The van der Waals surface area contributed by atoms with Gasteiger partial charge in [0.2, 0.25) is 5.79 Å². The smallest absolute Gasteiger partial charge is 0.412 e. The minimum absolute atomic E-state index is 0.0392. The van der Waals surface area contributed by atoms with Crippen LogP contribution < -0.4 is 14.8 Å². The number of nitrogens with zero attached hydrogens (tertiary/aromatic N) is 2. The normalized spacial score (nSPS) is 22.6. The quantitative estimate of drug-likeness (QED) is 0.0391. The van der Waals surface area contributed by atoms with Gasteiger partial charge in [-0.3, -0.25) is 4.79 Å². The summed E-state index contributed by atoms with van der Waals surface area (Å²) in [6.07, 6.45) is 20.6. The molecule has 11 nitrogen and oxygen atoms in total. The molecule has 3 aromatic rings. The molecule has 2 amide bonds. The average molecular weight is 894 g/mol. The van der Waals surface area contributed by atoms with Gasteiger partial charge in [0, 0.05) is 50.3 Å². The fraction of sp³-hybridized carbons (Fsp3) is 0.574. The number of fused-ring (bicyclic) bond motifs is 3. The highest BCUT2D eigenvalue weighted by Crippen LogP contribution is 2.62. The Bertz CT molecular complexity index is 2070. The van der Waals surface area contributed by atoms with Crippen molar-refractivity contribution in [2.24, 2.45) is 22.9 Å². The van der Waals surface area contributed by atoms with Crippen molar-refractivity contribution in [3.63, 3.8) is 0 Å². The molecule has 0 bridgehead atoms. The van der Waals surface area contributed by atoms with E-state index in [1.54, 1.807) is 17.0 Å². The molecule has 0 saturated heterocycles. The van der Waals surface area contributed by atoms with Crippen molar-refractivity contribution in [1.82, 2.24) is 10.2 Å². The number of oxime groups is 1. The van der Waals surface area contributed by atoms with E-state index in [4.69, 9.17) is 24.2 Å². The van der Waals surface area contributed by atoms with E-state index < -0.39 is 23.8 Å². The van der Waals surface area contributed by atoms with E-state index in [9.17, 15) is 19.8 Å². The van der Waals surface area contributed by atoms with Crippen molar-refractivity contribution < 1.29 is 38.9 Å². The second kappa shape index (κ2) is 25.3. The van der Waals surface area contributed by atoms with Gasteiger partial charge in [0.05, 0.1) is 18.2 Å². The van der Waals surface area contributed by atoms with E-state index in [0.29, 0.717) is 49.5 Å². The standard InChI is InChI=1S/C54H75N3O8/c1-5-8-9-10-11-12-13-14-15-20-31-55-53(61)64-43-29-30-48-46(37-43)50-44(26-19-22-33-59)41(25-18-21-32-58)36-45-47(56-63-7-3)38-49(54(65-48,51(45)50)62-34-6-2)57(4)52(60)42-28-27-39-23-16-17-24-40(39)35-42/h6,16-17,23-24,27-30,35-37,41,44,49-51,58-59H,2,5,7-15,18-22,25-26,31-34,38H2,1,3-4H3,(H,55,61)/t41-,44+,49-,50+,51+,54+/m0/s1. The number of hydrogen-bond acceptors (Lipinski definition) is 9. The summed E-state index contributed by atoms with van der Waals surface area (Å²) >= 11 is 0. The van der Waals surface area contributed by atoms with Gasteiger partial charge in [-0.25, -0.2) is 4.79 Å². The summed E-state index contributed by atoms with van der Waals surface area (Å²) in [4.78, 5) is 35.7. The third-order valence-corrected chi connectivity index (χ3v) is 13.7. The number of amides is 2. The Morgan fingerprint density at radius 1 is 0.877 bits per heavy atom. The number of aliphatic hydroxyl groups is 2. The van der Waals surface area contributed by atoms with Gasteiger partial charge >= 0.3 is 6.09 Å². The minimum atomic E-state index is -1.38. The molecule has 0 radical (unpaired) electrons. The molecule has 65 heavy (non-hydrogen) atoms. The molecule has 3 N–H and O–H groups in total. The van der Waals surface area contributed by atoms with Gasteiger partial charge in [-0.1, -0.05) is 125 Å². The first-order chi connectivity index (χ1) is 31.8. The molecule has 0 unspecified atom stereocenters. The van der Waals surface area contributed by atoms with E-state index >= 15 is 0 Å². The number of likely N-dealkylation sites (N-methyl/N-ethyl adjacent to an activating group) is 1. The zero-order chi connectivity index (χ0) is 46.0. The predicted octanol–water partition coefficient (Wildman–Crippen LogP) is 11.3. The third-order valence-electron chi connectivity index (χ3n) is 13.7. The molecule has 1 aliphatic heterocycles. The van der Waals surface area contributed by atoms with Crippen molar-refractivity contribution >= 4 is 28.5 Å². The Kier molecular flexibility index (Phi) is 19.3. The summed E-state index contributed by atoms with van der Waals surface area (Å²) in [5.74, 6) is -1.14. The number of ether oxygens (including phenoxy) is 3. The van der Waals surface area contributed by atoms with Crippen LogP contribution in [0.15, 0.2) is 90.1 Å². The van der Waals surface area contributed by atoms with E-state index in [1.165, 1.54) is 44.9 Å². The molecule has 3 aliphatic rings. The van der Waals surface area contributed by atoms with E-state index in [1.807, 2.05) is 68.6 Å². The average Bonchev–Trinajstić information content (AvgIpc) is 3.32. The number of nitrogens with one attached hydrogen (secondary N) is 1. The second-order valence-electron chi connectivity index (χ2n) is 18.2. The van der Waals surface area contributed by atoms with Crippen molar-refractivity contribution in [3.8, 4) is 11.5 Å². The van der Waals surface area contributed by atoms with Gasteiger partial charge in [-0.05, 0) is 97.5 Å². The zero-order valence-corrected chi connectivity index (χ0v) is 39.3. The largest absolute Gasteiger partial charge is 0.459 e. The lowest BCUT2D eigenvalue weighted by atomic mass is 9.55. The highest BCUT2D eigenvalue weighted by atomic mass is 16.7. The van der Waals surface area contributed by atoms with Crippen LogP contribution in [0.2, 0.25) is 0 Å². The molecule has 354 valence electrons. The first-order valence-electron chi connectivity index (χ1n) is 24.7. The molecule has 1 saturated carbocycles. The van der Waals surface area contributed by atoms with Crippen LogP contribution in [0.1, 0.15) is 145 Å². The summed E-state index contributed by atoms with van der Waals surface area (Å²) in [6.45, 7) is 9.44. The Morgan fingerprint density at radius 3 is 2.29 bits per heavy atom. The van der Waals surface area contributed by atoms with Gasteiger partial charge in [-0.15, -0.1) is 6.58 Å². The molecular weight excluding hydrogens is 819 g/mol. The first kappa shape index (κ1) is 49.7. The van der Waals surface area contributed by atoms with Crippen molar-refractivity contribution in [2.75, 3.05) is 40.0 Å². The highest BCUT2D eigenvalue weighted by Gasteiger charge is 2.65. The van der Waals surface area contributed by atoms with Crippen molar-refractivity contribution in [2.45, 2.75) is 141 Å². The maximum atomic E-state index is 14.8. The molecule has 0 aromatic heterocycles. The first-order valence-corrected chi connectivity index (χ1v) is 24.7. The fourth-order valence-corrected chi connectivity index (χ4v) is 10.5. The number of hydrogen-bond donors (Lipinski definition) is 3. The monoisotopic (exact) mass is 894 g/mol. The van der Waals surface area contributed by atoms with Crippen LogP contribution in [0.5, 0.6) is 11.5 Å². The maximum absolute atomic E-state index is 14.8. The summed E-state index contributed by atoms with van der Waals surface area (Å²) in [6, 6.07) is 18.7. The predicted molar refractivity (Wildman–Crippen MR) is 258 cm³/mol. The lowest BCUT2D eigenvalue weighted by Gasteiger charge is -2.59. The van der Waals surface area contributed by atoms with E-state index in [2.05, 4.69) is 24.9 Å². The molecule has 0 spiro atoms. The van der Waals surface area contributed by atoms with Crippen LogP contribution in [-0.4, -0.2) is 84.7 Å².